The Morgan fingerprint density at radius 1 is 1.08 bits per heavy atom. The van der Waals surface area contributed by atoms with E-state index in [0.717, 1.165) is 41.8 Å². The molecule has 3 aromatic rings. The number of carbonyl (C=O) groups is 2. The fourth-order valence-electron chi connectivity index (χ4n) is 4.96. The van der Waals surface area contributed by atoms with Gasteiger partial charge in [-0.2, -0.15) is 5.10 Å². The molecule has 1 aromatic heterocycles. The molecule has 2 aliphatic heterocycles. The number of aromatic nitrogens is 2. The van der Waals surface area contributed by atoms with Crippen LogP contribution in [0.15, 0.2) is 47.4 Å². The lowest BCUT2D eigenvalue weighted by atomic mass is 10.1. The zero-order valence-corrected chi connectivity index (χ0v) is 21.5. The predicted molar refractivity (Wildman–Crippen MR) is 138 cm³/mol. The van der Waals surface area contributed by atoms with E-state index in [0.29, 0.717) is 23.8 Å². The molecule has 11 heteroatoms. The summed E-state index contributed by atoms with van der Waals surface area (Å²) in [5.41, 5.74) is 2.99. The van der Waals surface area contributed by atoms with Gasteiger partial charge in [-0.05, 0) is 42.8 Å². The van der Waals surface area contributed by atoms with Crippen molar-refractivity contribution in [1.82, 2.24) is 20.0 Å². The van der Waals surface area contributed by atoms with Crippen LogP contribution in [0.2, 0.25) is 0 Å². The van der Waals surface area contributed by atoms with E-state index in [9.17, 15) is 18.0 Å². The maximum Gasteiger partial charge on any atom is 0.329 e. The minimum atomic E-state index is -3.23. The molecule has 1 N–H and O–H groups in total. The van der Waals surface area contributed by atoms with Crippen LogP contribution in [0.25, 0.3) is 10.9 Å². The van der Waals surface area contributed by atoms with Crippen LogP contribution in [0.1, 0.15) is 18.9 Å². The first kappa shape index (κ1) is 24.3. The van der Waals surface area contributed by atoms with Gasteiger partial charge >= 0.3 is 6.03 Å². The van der Waals surface area contributed by atoms with Crippen LogP contribution in [-0.2, 0) is 28.2 Å². The second kappa shape index (κ2) is 9.21. The van der Waals surface area contributed by atoms with E-state index in [1.807, 2.05) is 19.2 Å². The molecular formula is C25H30N6O4S. The molecule has 5 rings (SSSR count). The Morgan fingerprint density at radius 2 is 1.89 bits per heavy atom. The van der Waals surface area contributed by atoms with Gasteiger partial charge in [-0.1, -0.05) is 12.1 Å². The normalized spacial score (nSPS) is 19.7. The molecule has 0 saturated carbocycles. The number of anilines is 2. The Hall–Kier alpha value is -3.44. The Morgan fingerprint density at radius 3 is 2.61 bits per heavy atom. The topological polar surface area (TPSA) is 108 Å². The number of urea groups is 1. The molecule has 1 atom stereocenters. The van der Waals surface area contributed by atoms with E-state index in [2.05, 4.69) is 39.3 Å². The number of nitrogens with one attached hydrogen (secondary N) is 1. The van der Waals surface area contributed by atoms with Crippen LogP contribution < -0.4 is 15.1 Å². The zero-order chi connectivity index (χ0) is 25.6. The second-order valence-electron chi connectivity index (χ2n) is 9.59. The molecule has 2 fully saturated rings. The molecule has 190 valence electrons. The summed E-state index contributed by atoms with van der Waals surface area (Å²) < 4.78 is 25.6. The van der Waals surface area contributed by atoms with Crippen LogP contribution in [0.3, 0.4) is 0 Å². The number of benzene rings is 2. The fourth-order valence-corrected chi connectivity index (χ4v) is 5.65. The average Bonchev–Trinajstić information content (AvgIpc) is 3.15. The molecule has 3 amide bonds. The first-order valence-electron chi connectivity index (χ1n) is 12.0. The number of aryl methyl sites for hydroxylation is 1. The predicted octanol–water partition coefficient (Wildman–Crippen LogP) is 2.13. The van der Waals surface area contributed by atoms with Crippen LogP contribution in [-0.4, -0.2) is 73.5 Å². The number of amides is 3. The Kier molecular flexibility index (Phi) is 6.21. The summed E-state index contributed by atoms with van der Waals surface area (Å²) in [5, 5.41) is 7.80. The molecular weight excluding hydrogens is 480 g/mol. The van der Waals surface area contributed by atoms with Gasteiger partial charge in [-0.25, -0.2) is 13.2 Å². The van der Waals surface area contributed by atoms with Gasteiger partial charge in [0.05, 0.1) is 10.4 Å². The van der Waals surface area contributed by atoms with Gasteiger partial charge in [0.25, 0.3) is 0 Å². The molecule has 0 spiro atoms. The van der Waals surface area contributed by atoms with Crippen molar-refractivity contribution in [2.45, 2.75) is 30.8 Å². The zero-order valence-electron chi connectivity index (χ0n) is 20.6. The number of hydrogen-bond donors (Lipinski definition) is 1. The molecule has 36 heavy (non-hydrogen) atoms. The molecule has 2 saturated heterocycles. The third kappa shape index (κ3) is 4.68. The Labute approximate surface area is 210 Å². The van der Waals surface area contributed by atoms with Crippen LogP contribution in [0, 0.1) is 0 Å². The van der Waals surface area contributed by atoms with Crippen molar-refractivity contribution < 1.29 is 18.0 Å². The molecule has 2 aliphatic rings. The number of nitrogens with zero attached hydrogens (tertiary/aromatic N) is 5. The first-order chi connectivity index (χ1) is 17.1. The van der Waals surface area contributed by atoms with Gasteiger partial charge in [-0.3, -0.25) is 24.6 Å². The molecule has 10 nitrogen and oxygen atoms in total. The highest BCUT2D eigenvalue weighted by molar-refractivity contribution is 7.90. The molecule has 0 aliphatic carbocycles. The smallest absolute Gasteiger partial charge is 0.329 e. The van der Waals surface area contributed by atoms with Crippen molar-refractivity contribution in [3.8, 4) is 0 Å². The Bertz CT molecular complexity index is 1450. The van der Waals surface area contributed by atoms with Gasteiger partial charge in [0.15, 0.2) is 15.7 Å². The molecule has 3 heterocycles. The van der Waals surface area contributed by atoms with Crippen LogP contribution >= 0.6 is 0 Å². The minimum Gasteiger partial charge on any atom is -0.369 e. The van der Waals surface area contributed by atoms with E-state index >= 15 is 0 Å². The summed E-state index contributed by atoms with van der Waals surface area (Å²) in [6.45, 7) is 5.71. The summed E-state index contributed by atoms with van der Waals surface area (Å²) in [7, 11) is -1.38. The third-order valence-electron chi connectivity index (χ3n) is 6.97. The lowest BCUT2D eigenvalue weighted by Gasteiger charge is -2.41. The lowest BCUT2D eigenvalue weighted by molar-refractivity contribution is -0.120. The number of carbonyl (C=O) groups excluding carboxylic acids is 2. The van der Waals surface area contributed by atoms with Gasteiger partial charge in [0, 0.05) is 69.6 Å². The van der Waals surface area contributed by atoms with E-state index in [1.54, 1.807) is 22.9 Å². The number of sulfone groups is 1. The van der Waals surface area contributed by atoms with Crippen molar-refractivity contribution in [1.29, 1.82) is 0 Å². The SMILES string of the molecule is CC1CN(c2ccc3c(N4CCC(=O)NC4=O)nn(C)c3c2)CCN1Cc1cccc(S(C)(=O)=O)c1. The molecule has 1 unspecified atom stereocenters. The molecule has 2 aromatic carbocycles. The van der Waals surface area contributed by atoms with E-state index < -0.39 is 15.9 Å². The quantitative estimate of drug-likeness (QED) is 0.560. The van der Waals surface area contributed by atoms with E-state index in [1.165, 1.54) is 11.2 Å². The second-order valence-corrected chi connectivity index (χ2v) is 11.6. The number of rotatable bonds is 5. The number of fused-ring (bicyclic) bond motifs is 1. The number of hydrogen-bond acceptors (Lipinski definition) is 7. The van der Waals surface area contributed by atoms with Gasteiger partial charge in [0.1, 0.15) is 0 Å². The standard InChI is InChI=1S/C25H30N6O4S/c1-17-15-30(12-11-29(17)16-18-5-4-6-20(13-18)36(3,34)35)19-7-8-21-22(14-19)28(2)27-24(21)31-10-9-23(32)26-25(31)33/h4-8,13-14,17H,9-12,15-16H2,1-3H3,(H,26,32,33). The average molecular weight is 511 g/mol. The molecule has 0 radical (unpaired) electrons. The van der Waals surface area contributed by atoms with Crippen LogP contribution in [0.4, 0.5) is 16.3 Å². The highest BCUT2D eigenvalue weighted by atomic mass is 32.2. The summed E-state index contributed by atoms with van der Waals surface area (Å²) in [6, 6.07) is 13.1. The van der Waals surface area contributed by atoms with Gasteiger partial charge in [-0.15, -0.1) is 0 Å². The van der Waals surface area contributed by atoms with Crippen molar-refractivity contribution in [2.75, 3.05) is 42.2 Å². The highest BCUT2D eigenvalue weighted by Crippen LogP contribution is 2.31. The van der Waals surface area contributed by atoms with Crippen LogP contribution in [0.5, 0.6) is 0 Å². The summed E-state index contributed by atoms with van der Waals surface area (Å²) >= 11 is 0. The largest absolute Gasteiger partial charge is 0.369 e. The van der Waals surface area contributed by atoms with E-state index in [4.69, 9.17) is 0 Å². The van der Waals surface area contributed by atoms with Crippen molar-refractivity contribution in [3.05, 3.63) is 48.0 Å². The number of imide groups is 1. The van der Waals surface area contributed by atoms with Crippen molar-refractivity contribution >= 4 is 44.2 Å². The van der Waals surface area contributed by atoms with E-state index in [-0.39, 0.29) is 18.4 Å². The molecule has 0 bridgehead atoms. The number of piperazine rings is 1. The monoisotopic (exact) mass is 510 g/mol. The van der Waals surface area contributed by atoms with Gasteiger partial charge < -0.3 is 4.90 Å². The van der Waals surface area contributed by atoms with Gasteiger partial charge in [0.2, 0.25) is 5.91 Å². The highest BCUT2D eigenvalue weighted by Gasteiger charge is 2.29. The Balaban J connectivity index is 1.31. The maximum atomic E-state index is 12.3. The maximum absolute atomic E-state index is 12.3. The van der Waals surface area contributed by atoms with Crippen molar-refractivity contribution in [2.24, 2.45) is 7.05 Å². The minimum absolute atomic E-state index is 0.253. The summed E-state index contributed by atoms with van der Waals surface area (Å²) in [6.07, 6.45) is 1.49. The fraction of sp³-hybridized carbons (Fsp3) is 0.400. The summed E-state index contributed by atoms with van der Waals surface area (Å²) in [5.74, 6) is 0.286. The lowest BCUT2D eigenvalue weighted by Crippen LogP contribution is -2.51. The first-order valence-corrected chi connectivity index (χ1v) is 13.9. The third-order valence-corrected chi connectivity index (χ3v) is 8.08. The summed E-state index contributed by atoms with van der Waals surface area (Å²) in [4.78, 5) is 30.4. The van der Waals surface area contributed by atoms with Crippen molar-refractivity contribution in [3.63, 3.8) is 0 Å².